The molecule has 3 heteroatoms. The Morgan fingerprint density at radius 1 is 1.00 bits per heavy atom. The molecule has 0 atom stereocenters. The van der Waals surface area contributed by atoms with Crippen molar-refractivity contribution in [1.82, 2.24) is 4.90 Å². The molecular weight excluding hydrogens is 214 g/mol. The van der Waals surface area contributed by atoms with Crippen molar-refractivity contribution < 1.29 is 9.59 Å². The lowest BCUT2D eigenvalue weighted by molar-refractivity contribution is -0.138. The van der Waals surface area contributed by atoms with Gasteiger partial charge in [-0.15, -0.1) is 0 Å². The normalized spacial score (nSPS) is 17.1. The quantitative estimate of drug-likeness (QED) is 0.689. The molecule has 0 saturated carbocycles. The summed E-state index contributed by atoms with van der Waals surface area (Å²) in [7, 11) is 0. The molecule has 0 aromatic carbocycles. The molecule has 0 aromatic heterocycles. The Morgan fingerprint density at radius 2 is 1.47 bits per heavy atom. The van der Waals surface area contributed by atoms with E-state index in [2.05, 4.69) is 34.6 Å². The number of carbonyl (C=O) groups excluding carboxylic acids is 2. The van der Waals surface area contributed by atoms with Gasteiger partial charge in [-0.25, -0.2) is 0 Å². The van der Waals surface area contributed by atoms with Gasteiger partial charge in [-0.1, -0.05) is 41.0 Å². The minimum atomic E-state index is -0.183. The van der Waals surface area contributed by atoms with Crippen molar-refractivity contribution in [3.63, 3.8) is 0 Å². The third-order valence-corrected chi connectivity index (χ3v) is 3.40. The first-order valence-corrected chi connectivity index (χ1v) is 6.20. The maximum Gasteiger partial charge on any atom is 0.253 e. The van der Waals surface area contributed by atoms with Gasteiger partial charge in [0.1, 0.15) is 0 Å². The minimum Gasteiger partial charge on any atom is -0.275 e. The third-order valence-electron chi connectivity index (χ3n) is 3.40. The number of imide groups is 1. The molecule has 17 heavy (non-hydrogen) atoms. The van der Waals surface area contributed by atoms with Crippen molar-refractivity contribution in [3.05, 3.63) is 12.2 Å². The van der Waals surface area contributed by atoms with Gasteiger partial charge in [0.25, 0.3) is 11.8 Å². The van der Waals surface area contributed by atoms with Gasteiger partial charge in [-0.3, -0.25) is 14.5 Å². The van der Waals surface area contributed by atoms with Crippen LogP contribution in [0.5, 0.6) is 0 Å². The zero-order chi connectivity index (χ0) is 13.3. The summed E-state index contributed by atoms with van der Waals surface area (Å²) in [5, 5.41) is 0. The van der Waals surface area contributed by atoms with E-state index < -0.39 is 0 Å². The van der Waals surface area contributed by atoms with Crippen LogP contribution in [0.25, 0.3) is 0 Å². The number of amides is 2. The Kier molecular flexibility index (Phi) is 3.80. The van der Waals surface area contributed by atoms with Crippen LogP contribution in [0.15, 0.2) is 12.2 Å². The predicted octanol–water partition coefficient (Wildman–Crippen LogP) is 2.76. The van der Waals surface area contributed by atoms with Gasteiger partial charge >= 0.3 is 0 Å². The van der Waals surface area contributed by atoms with E-state index in [4.69, 9.17) is 0 Å². The highest BCUT2D eigenvalue weighted by atomic mass is 16.2. The number of carbonyl (C=O) groups is 2. The fraction of sp³-hybridized carbons (Fsp3) is 0.714. The number of hydrogen-bond donors (Lipinski definition) is 0. The van der Waals surface area contributed by atoms with Crippen molar-refractivity contribution >= 4 is 11.8 Å². The van der Waals surface area contributed by atoms with Crippen molar-refractivity contribution in [2.75, 3.05) is 6.54 Å². The summed E-state index contributed by atoms with van der Waals surface area (Å²) in [4.78, 5) is 24.4. The second kappa shape index (κ2) is 4.63. The lowest BCUT2D eigenvalue weighted by Crippen LogP contribution is -2.40. The number of nitrogens with zero attached hydrogens (tertiary/aromatic N) is 1. The lowest BCUT2D eigenvalue weighted by Gasteiger charge is -2.36. The predicted molar refractivity (Wildman–Crippen MR) is 68.3 cm³/mol. The molecule has 0 radical (unpaired) electrons. The van der Waals surface area contributed by atoms with Crippen LogP contribution in [-0.4, -0.2) is 23.3 Å². The Morgan fingerprint density at radius 3 is 1.88 bits per heavy atom. The number of hydrogen-bond acceptors (Lipinski definition) is 2. The van der Waals surface area contributed by atoms with E-state index in [1.165, 1.54) is 17.1 Å². The number of rotatable bonds is 5. The molecular formula is C14H23NO2. The van der Waals surface area contributed by atoms with Crippen LogP contribution in [0.4, 0.5) is 0 Å². The summed E-state index contributed by atoms with van der Waals surface area (Å²) in [6.07, 6.45) is 4.79. The smallest absolute Gasteiger partial charge is 0.253 e. The molecule has 0 unspecified atom stereocenters. The molecule has 0 N–H and O–H groups in total. The van der Waals surface area contributed by atoms with Crippen LogP contribution >= 0.6 is 0 Å². The van der Waals surface area contributed by atoms with Crippen LogP contribution in [0, 0.1) is 10.8 Å². The summed E-state index contributed by atoms with van der Waals surface area (Å²) in [5.74, 6) is -0.366. The van der Waals surface area contributed by atoms with Gasteiger partial charge in [0, 0.05) is 18.7 Å². The molecule has 96 valence electrons. The largest absolute Gasteiger partial charge is 0.275 e. The SMILES string of the molecule is CCC(C)(C)CC(C)(C)CN1C(=O)C=CC1=O. The Bertz CT molecular complexity index is 335. The van der Waals surface area contributed by atoms with Gasteiger partial charge in [0.2, 0.25) is 0 Å². The third kappa shape index (κ3) is 3.69. The van der Waals surface area contributed by atoms with E-state index in [0.717, 1.165) is 12.8 Å². The highest BCUT2D eigenvalue weighted by molar-refractivity contribution is 6.12. The van der Waals surface area contributed by atoms with Crippen molar-refractivity contribution in [3.8, 4) is 0 Å². The summed E-state index contributed by atoms with van der Waals surface area (Å²) >= 11 is 0. The van der Waals surface area contributed by atoms with E-state index >= 15 is 0 Å². The summed E-state index contributed by atoms with van der Waals surface area (Å²) in [6.45, 7) is 11.3. The zero-order valence-electron chi connectivity index (χ0n) is 11.5. The van der Waals surface area contributed by atoms with E-state index in [-0.39, 0.29) is 22.6 Å². The summed E-state index contributed by atoms with van der Waals surface area (Å²) < 4.78 is 0. The first-order chi connectivity index (χ1) is 7.67. The molecule has 0 bridgehead atoms. The molecule has 1 rings (SSSR count). The molecule has 1 aliphatic rings. The minimum absolute atomic E-state index is 0.0448. The fourth-order valence-electron chi connectivity index (χ4n) is 2.49. The van der Waals surface area contributed by atoms with Crippen LogP contribution in [-0.2, 0) is 9.59 Å². The summed E-state index contributed by atoms with van der Waals surface area (Å²) in [5.41, 5.74) is 0.194. The molecule has 0 fully saturated rings. The van der Waals surface area contributed by atoms with E-state index in [9.17, 15) is 9.59 Å². The van der Waals surface area contributed by atoms with Gasteiger partial charge in [0.05, 0.1) is 0 Å². The van der Waals surface area contributed by atoms with Crippen molar-refractivity contribution in [1.29, 1.82) is 0 Å². The maximum absolute atomic E-state index is 11.5. The molecule has 1 aliphatic heterocycles. The van der Waals surface area contributed by atoms with Crippen LogP contribution in [0.2, 0.25) is 0 Å². The second-order valence-corrected chi connectivity index (χ2v) is 6.45. The van der Waals surface area contributed by atoms with Crippen LogP contribution < -0.4 is 0 Å². The topological polar surface area (TPSA) is 37.4 Å². The second-order valence-electron chi connectivity index (χ2n) is 6.45. The zero-order valence-corrected chi connectivity index (χ0v) is 11.5. The van der Waals surface area contributed by atoms with E-state index in [1.807, 2.05) is 0 Å². The fourth-order valence-corrected chi connectivity index (χ4v) is 2.49. The average molecular weight is 237 g/mol. The van der Waals surface area contributed by atoms with Crippen molar-refractivity contribution in [2.24, 2.45) is 10.8 Å². The van der Waals surface area contributed by atoms with Crippen LogP contribution in [0.3, 0.4) is 0 Å². The van der Waals surface area contributed by atoms with Crippen LogP contribution in [0.1, 0.15) is 47.5 Å². The molecule has 3 nitrogen and oxygen atoms in total. The van der Waals surface area contributed by atoms with E-state index in [1.54, 1.807) is 0 Å². The first-order valence-electron chi connectivity index (χ1n) is 6.20. The molecule has 0 aromatic rings. The Hall–Kier alpha value is -1.12. The maximum atomic E-state index is 11.5. The Balaban J connectivity index is 2.67. The molecule has 2 amide bonds. The molecule has 1 heterocycles. The monoisotopic (exact) mass is 237 g/mol. The molecule has 0 aliphatic carbocycles. The highest BCUT2D eigenvalue weighted by Gasteiger charge is 2.33. The first kappa shape index (κ1) is 13.9. The summed E-state index contributed by atoms with van der Waals surface area (Å²) in [6, 6.07) is 0. The standard InChI is InChI=1S/C14H23NO2/c1-6-13(2,3)9-14(4,5)10-15-11(16)7-8-12(15)17/h7-8H,6,9-10H2,1-5H3. The van der Waals surface area contributed by atoms with Gasteiger partial charge < -0.3 is 0 Å². The van der Waals surface area contributed by atoms with Crippen molar-refractivity contribution in [2.45, 2.75) is 47.5 Å². The highest BCUT2D eigenvalue weighted by Crippen LogP contribution is 2.36. The van der Waals surface area contributed by atoms with Gasteiger partial charge in [-0.05, 0) is 17.3 Å². The molecule has 0 saturated heterocycles. The molecule has 0 spiro atoms. The Labute approximate surface area is 104 Å². The van der Waals surface area contributed by atoms with Gasteiger partial charge in [0.15, 0.2) is 0 Å². The average Bonchev–Trinajstić information content (AvgIpc) is 2.47. The lowest BCUT2D eigenvalue weighted by atomic mass is 9.73. The van der Waals surface area contributed by atoms with E-state index in [0.29, 0.717) is 6.54 Å². The van der Waals surface area contributed by atoms with Gasteiger partial charge in [-0.2, -0.15) is 0 Å².